The molecular formula is C19H15Cl2N3O2. The zero-order valence-corrected chi connectivity index (χ0v) is 15.1. The number of carbonyl (C=O) groups excluding carboxylic acids is 1. The largest absolute Gasteiger partial charge is 0.506 e. The minimum Gasteiger partial charge on any atom is -0.506 e. The van der Waals surface area contributed by atoms with E-state index in [0.29, 0.717) is 10.6 Å². The Morgan fingerprint density at radius 2 is 1.85 bits per heavy atom. The fourth-order valence-electron chi connectivity index (χ4n) is 2.38. The van der Waals surface area contributed by atoms with E-state index in [2.05, 4.69) is 15.8 Å². The van der Waals surface area contributed by atoms with Gasteiger partial charge in [0.2, 0.25) is 0 Å². The Hall–Kier alpha value is -2.76. The predicted molar refractivity (Wildman–Crippen MR) is 106 cm³/mol. The zero-order chi connectivity index (χ0) is 18.5. The monoisotopic (exact) mass is 387 g/mol. The number of phenolic OH excluding ortho intramolecular Hbond substituents is 1. The van der Waals surface area contributed by atoms with Gasteiger partial charge in [0, 0.05) is 16.3 Å². The number of hydrogen-bond acceptors (Lipinski definition) is 4. The number of benzene rings is 3. The molecule has 0 fully saturated rings. The molecule has 26 heavy (non-hydrogen) atoms. The molecule has 0 spiro atoms. The Labute approximate surface area is 160 Å². The Balaban J connectivity index is 1.57. The molecule has 3 N–H and O–H groups in total. The van der Waals surface area contributed by atoms with Crippen LogP contribution in [0.25, 0.3) is 10.8 Å². The number of halogens is 2. The Morgan fingerprint density at radius 3 is 2.65 bits per heavy atom. The van der Waals surface area contributed by atoms with Crippen molar-refractivity contribution >= 4 is 51.8 Å². The number of hydrogen-bond donors (Lipinski definition) is 3. The lowest BCUT2D eigenvalue weighted by Crippen LogP contribution is -2.25. The lowest BCUT2D eigenvalue weighted by atomic mass is 10.1. The van der Waals surface area contributed by atoms with E-state index in [9.17, 15) is 9.90 Å². The summed E-state index contributed by atoms with van der Waals surface area (Å²) >= 11 is 11.7. The first kappa shape index (κ1) is 18.0. The van der Waals surface area contributed by atoms with Crippen molar-refractivity contribution in [1.29, 1.82) is 0 Å². The average Bonchev–Trinajstić information content (AvgIpc) is 2.63. The van der Waals surface area contributed by atoms with Crippen LogP contribution in [0.1, 0.15) is 5.56 Å². The van der Waals surface area contributed by atoms with E-state index in [1.165, 1.54) is 18.3 Å². The van der Waals surface area contributed by atoms with E-state index in [1.807, 2.05) is 42.5 Å². The molecule has 0 bridgehead atoms. The molecule has 0 heterocycles. The summed E-state index contributed by atoms with van der Waals surface area (Å²) < 4.78 is 0. The highest BCUT2D eigenvalue weighted by Crippen LogP contribution is 2.29. The van der Waals surface area contributed by atoms with Crippen LogP contribution in [-0.4, -0.2) is 23.8 Å². The number of amides is 1. The van der Waals surface area contributed by atoms with Crippen molar-refractivity contribution in [2.45, 2.75) is 0 Å². The van der Waals surface area contributed by atoms with Crippen molar-refractivity contribution in [3.8, 4) is 5.75 Å². The molecule has 1 amide bonds. The molecule has 0 aliphatic carbocycles. The smallest absolute Gasteiger partial charge is 0.259 e. The third kappa shape index (κ3) is 4.45. The van der Waals surface area contributed by atoms with Crippen molar-refractivity contribution in [2.75, 3.05) is 11.9 Å². The van der Waals surface area contributed by atoms with Gasteiger partial charge in [0.1, 0.15) is 5.75 Å². The molecule has 132 valence electrons. The van der Waals surface area contributed by atoms with Crippen molar-refractivity contribution in [2.24, 2.45) is 5.10 Å². The minimum atomic E-state index is -0.331. The summed E-state index contributed by atoms with van der Waals surface area (Å²) in [6, 6.07) is 16.7. The summed E-state index contributed by atoms with van der Waals surface area (Å²) in [5.41, 5.74) is 3.52. The normalized spacial score (nSPS) is 11.0. The van der Waals surface area contributed by atoms with Crippen molar-refractivity contribution in [1.82, 2.24) is 5.43 Å². The first-order valence-electron chi connectivity index (χ1n) is 7.75. The lowest BCUT2D eigenvalue weighted by molar-refractivity contribution is -0.119. The van der Waals surface area contributed by atoms with E-state index < -0.39 is 0 Å². The second kappa shape index (κ2) is 8.08. The van der Waals surface area contributed by atoms with Gasteiger partial charge in [0.25, 0.3) is 5.91 Å². The summed E-state index contributed by atoms with van der Waals surface area (Å²) in [5, 5.41) is 19.4. The number of hydrazone groups is 1. The molecule has 5 nitrogen and oxygen atoms in total. The maximum absolute atomic E-state index is 11.9. The number of nitrogens with one attached hydrogen (secondary N) is 2. The summed E-state index contributed by atoms with van der Waals surface area (Å²) in [7, 11) is 0. The maximum Gasteiger partial charge on any atom is 0.259 e. The van der Waals surface area contributed by atoms with Gasteiger partial charge >= 0.3 is 0 Å². The van der Waals surface area contributed by atoms with Crippen LogP contribution in [0.3, 0.4) is 0 Å². The quantitative estimate of drug-likeness (QED) is 0.448. The number of carbonyl (C=O) groups is 1. The molecule has 3 aromatic carbocycles. The summed E-state index contributed by atoms with van der Waals surface area (Å²) in [5.74, 6) is -0.481. The number of aromatic hydroxyl groups is 1. The van der Waals surface area contributed by atoms with Gasteiger partial charge < -0.3 is 10.4 Å². The van der Waals surface area contributed by atoms with Gasteiger partial charge in [0.05, 0.1) is 17.8 Å². The van der Waals surface area contributed by atoms with E-state index in [-0.39, 0.29) is 23.2 Å². The molecule has 3 rings (SSSR count). The SMILES string of the molecule is O=C(CNc1ccc2ccccc2c1)N/N=C\c1cc(Cl)cc(Cl)c1O. The Morgan fingerprint density at radius 1 is 1.08 bits per heavy atom. The van der Waals surface area contributed by atoms with Crippen LogP contribution in [0.4, 0.5) is 5.69 Å². The fourth-order valence-corrected chi connectivity index (χ4v) is 2.89. The van der Waals surface area contributed by atoms with E-state index in [1.54, 1.807) is 0 Å². The van der Waals surface area contributed by atoms with E-state index >= 15 is 0 Å². The van der Waals surface area contributed by atoms with Crippen molar-refractivity contribution in [3.05, 3.63) is 70.2 Å². The first-order valence-corrected chi connectivity index (χ1v) is 8.51. The predicted octanol–water partition coefficient (Wildman–Crippen LogP) is 4.41. The summed E-state index contributed by atoms with van der Waals surface area (Å²) in [6.45, 7) is 0.0535. The summed E-state index contributed by atoms with van der Waals surface area (Å²) in [4.78, 5) is 11.9. The van der Waals surface area contributed by atoms with Gasteiger partial charge in [-0.25, -0.2) is 5.43 Å². The molecule has 0 radical (unpaired) electrons. The van der Waals surface area contributed by atoms with Crippen LogP contribution in [0, 0.1) is 0 Å². The second-order valence-corrected chi connectivity index (χ2v) is 6.38. The van der Waals surface area contributed by atoms with Gasteiger partial charge in [-0.15, -0.1) is 0 Å². The topological polar surface area (TPSA) is 73.7 Å². The third-order valence-electron chi connectivity index (χ3n) is 3.65. The molecule has 3 aromatic rings. The summed E-state index contributed by atoms with van der Waals surface area (Å²) in [6.07, 6.45) is 1.28. The van der Waals surface area contributed by atoms with Gasteiger partial charge in [-0.3, -0.25) is 4.79 Å². The molecule has 0 saturated heterocycles. The minimum absolute atomic E-state index is 0.0535. The lowest BCUT2D eigenvalue weighted by Gasteiger charge is -2.07. The van der Waals surface area contributed by atoms with E-state index in [0.717, 1.165) is 16.5 Å². The number of nitrogens with zero attached hydrogens (tertiary/aromatic N) is 1. The molecule has 0 saturated carbocycles. The van der Waals surface area contributed by atoms with Gasteiger partial charge in [-0.05, 0) is 35.0 Å². The van der Waals surface area contributed by atoms with E-state index in [4.69, 9.17) is 23.2 Å². The van der Waals surface area contributed by atoms with Crippen LogP contribution in [-0.2, 0) is 4.79 Å². The van der Waals surface area contributed by atoms with Crippen LogP contribution in [0.5, 0.6) is 5.75 Å². The third-order valence-corrected chi connectivity index (χ3v) is 4.16. The highest BCUT2D eigenvalue weighted by atomic mass is 35.5. The Bertz CT molecular complexity index is 990. The Kier molecular flexibility index (Phi) is 5.61. The van der Waals surface area contributed by atoms with Gasteiger partial charge in [0.15, 0.2) is 0 Å². The van der Waals surface area contributed by atoms with Crippen LogP contribution < -0.4 is 10.7 Å². The number of fused-ring (bicyclic) bond motifs is 1. The molecule has 0 unspecified atom stereocenters. The fraction of sp³-hybridized carbons (Fsp3) is 0.0526. The first-order chi connectivity index (χ1) is 12.5. The molecule has 0 atom stereocenters. The molecule has 7 heteroatoms. The number of phenols is 1. The molecule has 0 aliphatic rings. The number of rotatable bonds is 5. The van der Waals surface area contributed by atoms with Crippen LogP contribution in [0.15, 0.2) is 59.7 Å². The van der Waals surface area contributed by atoms with Gasteiger partial charge in [-0.2, -0.15) is 5.10 Å². The zero-order valence-electron chi connectivity index (χ0n) is 13.5. The maximum atomic E-state index is 11.9. The standard InChI is InChI=1S/C19H15Cl2N3O2/c20-15-7-14(19(26)17(21)9-15)10-23-24-18(25)11-22-16-6-5-12-3-1-2-4-13(12)8-16/h1-10,22,26H,11H2,(H,24,25)/b23-10-. The van der Waals surface area contributed by atoms with Gasteiger partial charge in [-0.1, -0.05) is 53.5 Å². The highest BCUT2D eigenvalue weighted by molar-refractivity contribution is 6.36. The molecule has 0 aliphatic heterocycles. The van der Waals surface area contributed by atoms with Crippen molar-refractivity contribution < 1.29 is 9.90 Å². The van der Waals surface area contributed by atoms with Crippen molar-refractivity contribution in [3.63, 3.8) is 0 Å². The molecular weight excluding hydrogens is 373 g/mol. The van der Waals surface area contributed by atoms with Crippen LogP contribution in [0.2, 0.25) is 10.0 Å². The van der Waals surface area contributed by atoms with Crippen LogP contribution >= 0.6 is 23.2 Å². The highest BCUT2D eigenvalue weighted by Gasteiger charge is 2.06. The second-order valence-electron chi connectivity index (χ2n) is 5.53. The molecule has 0 aromatic heterocycles. The number of anilines is 1. The average molecular weight is 388 g/mol.